The summed E-state index contributed by atoms with van der Waals surface area (Å²) in [5, 5.41) is 4.43. The Labute approximate surface area is 130 Å². The Bertz CT molecular complexity index is 591. The van der Waals surface area contributed by atoms with Crippen LogP contribution in [-0.4, -0.2) is 60.3 Å². The summed E-state index contributed by atoms with van der Waals surface area (Å²) in [6, 6.07) is 3.89. The molecule has 22 heavy (non-hydrogen) atoms. The second-order valence-corrected chi connectivity index (χ2v) is 5.03. The van der Waals surface area contributed by atoms with Crippen LogP contribution in [0.4, 0.5) is 5.82 Å². The molecular weight excluding hydrogens is 282 g/mol. The van der Waals surface area contributed by atoms with Gasteiger partial charge in [-0.2, -0.15) is 10.1 Å². The summed E-state index contributed by atoms with van der Waals surface area (Å²) >= 11 is 0. The van der Waals surface area contributed by atoms with E-state index in [0.29, 0.717) is 19.2 Å². The van der Waals surface area contributed by atoms with E-state index in [-0.39, 0.29) is 0 Å². The lowest BCUT2D eigenvalue weighted by molar-refractivity contribution is 0.190. The minimum absolute atomic E-state index is 0.572. The monoisotopic (exact) mass is 305 g/mol. The molecule has 0 aliphatic heterocycles. The van der Waals surface area contributed by atoms with Crippen molar-refractivity contribution in [3.63, 3.8) is 0 Å². The van der Waals surface area contributed by atoms with E-state index in [1.54, 1.807) is 25.1 Å². The van der Waals surface area contributed by atoms with Crippen molar-refractivity contribution in [3.8, 4) is 5.95 Å². The van der Waals surface area contributed by atoms with Gasteiger partial charge in [0.15, 0.2) is 0 Å². The number of anilines is 1. The van der Waals surface area contributed by atoms with Gasteiger partial charge in [0.25, 0.3) is 5.95 Å². The summed E-state index contributed by atoms with van der Waals surface area (Å²) in [5.41, 5.74) is 1.96. The molecule has 0 amide bonds. The normalized spacial score (nSPS) is 10.9. The first-order chi connectivity index (χ1) is 10.7. The van der Waals surface area contributed by atoms with Crippen molar-refractivity contribution in [2.24, 2.45) is 0 Å². The van der Waals surface area contributed by atoms with Crippen molar-refractivity contribution < 1.29 is 9.47 Å². The van der Waals surface area contributed by atoms with Crippen molar-refractivity contribution in [3.05, 3.63) is 29.7 Å². The molecule has 0 aromatic carbocycles. The first-order valence-electron chi connectivity index (χ1n) is 7.25. The van der Waals surface area contributed by atoms with Crippen LogP contribution in [0.5, 0.6) is 0 Å². The fraction of sp³-hybridized carbons (Fsp3) is 0.533. The number of ether oxygens (including phenoxy) is 2. The summed E-state index contributed by atoms with van der Waals surface area (Å²) in [6.45, 7) is 6.69. The molecule has 2 rings (SSSR count). The van der Waals surface area contributed by atoms with Crippen LogP contribution < -0.4 is 4.90 Å². The number of hydrogen-bond donors (Lipinski definition) is 0. The maximum Gasteiger partial charge on any atom is 0.252 e. The predicted octanol–water partition coefficient (Wildman–Crippen LogP) is 1.38. The molecule has 0 radical (unpaired) electrons. The second kappa shape index (κ2) is 7.86. The Morgan fingerprint density at radius 2 is 1.82 bits per heavy atom. The van der Waals surface area contributed by atoms with Crippen molar-refractivity contribution in [2.45, 2.75) is 13.8 Å². The molecular formula is C15H23N5O2. The van der Waals surface area contributed by atoms with Crippen molar-refractivity contribution in [2.75, 3.05) is 45.4 Å². The third-order valence-corrected chi connectivity index (χ3v) is 3.28. The third kappa shape index (κ3) is 4.02. The molecule has 0 unspecified atom stereocenters. The Hall–Kier alpha value is -1.99. The van der Waals surface area contributed by atoms with E-state index >= 15 is 0 Å². The average molecular weight is 305 g/mol. The Morgan fingerprint density at radius 1 is 1.14 bits per heavy atom. The van der Waals surface area contributed by atoms with Gasteiger partial charge in [-0.15, -0.1) is 0 Å². The highest BCUT2D eigenvalue weighted by atomic mass is 16.5. The van der Waals surface area contributed by atoms with Gasteiger partial charge >= 0.3 is 0 Å². The zero-order chi connectivity index (χ0) is 15.9. The molecule has 120 valence electrons. The lowest BCUT2D eigenvalue weighted by Gasteiger charge is -2.23. The SMILES string of the molecule is COCCN(CCOC)c1ccnc(-n2nc(C)cc2C)n1. The van der Waals surface area contributed by atoms with E-state index in [9.17, 15) is 0 Å². The molecule has 7 heteroatoms. The van der Waals surface area contributed by atoms with Crippen molar-refractivity contribution in [1.82, 2.24) is 19.7 Å². The predicted molar refractivity (Wildman–Crippen MR) is 84.6 cm³/mol. The van der Waals surface area contributed by atoms with E-state index in [1.807, 2.05) is 26.0 Å². The van der Waals surface area contributed by atoms with Crippen molar-refractivity contribution >= 4 is 5.82 Å². The quantitative estimate of drug-likeness (QED) is 0.734. The van der Waals surface area contributed by atoms with Crippen molar-refractivity contribution in [1.29, 1.82) is 0 Å². The fourth-order valence-corrected chi connectivity index (χ4v) is 2.19. The number of nitrogens with zero attached hydrogens (tertiary/aromatic N) is 5. The maximum absolute atomic E-state index is 5.17. The highest BCUT2D eigenvalue weighted by Gasteiger charge is 2.12. The summed E-state index contributed by atoms with van der Waals surface area (Å²) in [7, 11) is 3.38. The number of rotatable bonds is 8. The first-order valence-corrected chi connectivity index (χ1v) is 7.25. The molecule has 0 saturated carbocycles. The minimum Gasteiger partial charge on any atom is -0.383 e. The molecule has 0 fully saturated rings. The van der Waals surface area contributed by atoms with E-state index in [4.69, 9.17) is 9.47 Å². The maximum atomic E-state index is 5.17. The van der Waals surface area contributed by atoms with Gasteiger partial charge in [0.1, 0.15) is 5.82 Å². The Balaban J connectivity index is 2.26. The van der Waals surface area contributed by atoms with Gasteiger partial charge in [-0.25, -0.2) is 9.67 Å². The second-order valence-electron chi connectivity index (χ2n) is 5.03. The molecule has 0 atom stereocenters. The molecule has 2 aromatic rings. The zero-order valence-electron chi connectivity index (χ0n) is 13.6. The van der Waals surface area contributed by atoms with Gasteiger partial charge in [-0.3, -0.25) is 0 Å². The molecule has 0 bridgehead atoms. The first kappa shape index (κ1) is 16.4. The molecule has 0 aliphatic carbocycles. The van der Waals surface area contributed by atoms with Crippen LogP contribution in [0.15, 0.2) is 18.3 Å². The molecule has 0 aliphatic rings. The molecule has 0 spiro atoms. The van der Waals surface area contributed by atoms with Crippen LogP contribution >= 0.6 is 0 Å². The molecule has 7 nitrogen and oxygen atoms in total. The van der Waals surface area contributed by atoms with Gasteiger partial charge < -0.3 is 14.4 Å². The van der Waals surface area contributed by atoms with Gasteiger partial charge in [-0.1, -0.05) is 0 Å². The topological polar surface area (TPSA) is 65.3 Å². The summed E-state index contributed by atoms with van der Waals surface area (Å²) in [6.07, 6.45) is 1.75. The highest BCUT2D eigenvalue weighted by Crippen LogP contribution is 2.13. The number of methoxy groups -OCH3 is 2. The molecule has 2 aromatic heterocycles. The Kier molecular flexibility index (Phi) is 5.85. The fourth-order valence-electron chi connectivity index (χ4n) is 2.19. The van der Waals surface area contributed by atoms with E-state index in [0.717, 1.165) is 30.3 Å². The smallest absolute Gasteiger partial charge is 0.252 e. The summed E-state index contributed by atoms with van der Waals surface area (Å²) < 4.78 is 12.1. The van der Waals surface area contributed by atoms with Crippen LogP contribution in [0.3, 0.4) is 0 Å². The van der Waals surface area contributed by atoms with Crippen LogP contribution in [0.25, 0.3) is 5.95 Å². The van der Waals surface area contributed by atoms with Gasteiger partial charge in [0.05, 0.1) is 18.9 Å². The largest absolute Gasteiger partial charge is 0.383 e. The molecule has 0 saturated heterocycles. The highest BCUT2D eigenvalue weighted by molar-refractivity contribution is 5.39. The van der Waals surface area contributed by atoms with Crippen LogP contribution in [0, 0.1) is 13.8 Å². The summed E-state index contributed by atoms with van der Waals surface area (Å²) in [5.74, 6) is 1.41. The van der Waals surface area contributed by atoms with E-state index in [2.05, 4.69) is 20.0 Å². The van der Waals surface area contributed by atoms with Gasteiger partial charge in [0.2, 0.25) is 0 Å². The molecule has 0 N–H and O–H groups in total. The number of hydrogen-bond acceptors (Lipinski definition) is 6. The van der Waals surface area contributed by atoms with Gasteiger partial charge in [-0.05, 0) is 26.0 Å². The minimum atomic E-state index is 0.572. The average Bonchev–Trinajstić information content (AvgIpc) is 2.86. The van der Waals surface area contributed by atoms with Crippen LogP contribution in [-0.2, 0) is 9.47 Å². The van der Waals surface area contributed by atoms with Crippen LogP contribution in [0.1, 0.15) is 11.4 Å². The van der Waals surface area contributed by atoms with Gasteiger partial charge in [0, 0.05) is 39.2 Å². The van der Waals surface area contributed by atoms with E-state index in [1.165, 1.54) is 0 Å². The lowest BCUT2D eigenvalue weighted by Crippen LogP contribution is -2.31. The Morgan fingerprint density at radius 3 is 2.36 bits per heavy atom. The third-order valence-electron chi connectivity index (χ3n) is 3.28. The molecule has 2 heterocycles. The number of aromatic nitrogens is 4. The summed E-state index contributed by atoms with van der Waals surface area (Å²) in [4.78, 5) is 11.1. The van der Waals surface area contributed by atoms with Crippen LogP contribution in [0.2, 0.25) is 0 Å². The van der Waals surface area contributed by atoms with E-state index < -0.39 is 0 Å². The zero-order valence-corrected chi connectivity index (χ0v) is 13.6. The number of aryl methyl sites for hydroxylation is 2. The lowest BCUT2D eigenvalue weighted by atomic mass is 10.4. The standard InChI is InChI=1S/C15H23N5O2/c1-12-11-13(2)20(18-12)15-16-6-5-14(17-15)19(7-9-21-3)8-10-22-4/h5-6,11H,7-10H2,1-4H3.